The minimum atomic E-state index is -0.346. The Labute approximate surface area is 118 Å². The van der Waals surface area contributed by atoms with Gasteiger partial charge in [-0.15, -0.1) is 0 Å². The number of methoxy groups -OCH3 is 2. The molecule has 102 valence electrons. The lowest BCUT2D eigenvalue weighted by Crippen LogP contribution is -2.24. The van der Waals surface area contributed by atoms with Crippen molar-refractivity contribution in [2.24, 2.45) is 0 Å². The van der Waals surface area contributed by atoms with Crippen molar-refractivity contribution in [2.45, 2.75) is 25.6 Å². The maximum Gasteiger partial charge on any atom is 0.147 e. The SMILES string of the molecule is CCC(OC)C(OCOC)c1c(Cl)cccc1Cl. The molecule has 1 aromatic carbocycles. The van der Waals surface area contributed by atoms with E-state index in [9.17, 15) is 0 Å². The summed E-state index contributed by atoms with van der Waals surface area (Å²) >= 11 is 12.4. The van der Waals surface area contributed by atoms with Crippen LogP contribution in [-0.2, 0) is 14.2 Å². The zero-order valence-electron chi connectivity index (χ0n) is 10.8. The second-order valence-electron chi connectivity index (χ2n) is 3.81. The van der Waals surface area contributed by atoms with Crippen LogP contribution in [-0.4, -0.2) is 27.1 Å². The van der Waals surface area contributed by atoms with Gasteiger partial charge in [0.25, 0.3) is 0 Å². The molecular formula is C13H18Cl2O3. The Morgan fingerprint density at radius 1 is 1.17 bits per heavy atom. The van der Waals surface area contributed by atoms with E-state index in [0.717, 1.165) is 12.0 Å². The van der Waals surface area contributed by atoms with Gasteiger partial charge in [0.2, 0.25) is 0 Å². The lowest BCUT2D eigenvalue weighted by Gasteiger charge is -2.27. The fourth-order valence-electron chi connectivity index (χ4n) is 1.80. The third-order valence-electron chi connectivity index (χ3n) is 2.69. The number of hydrogen-bond donors (Lipinski definition) is 0. The maximum atomic E-state index is 6.20. The first kappa shape index (κ1) is 15.7. The first-order valence-electron chi connectivity index (χ1n) is 5.72. The fourth-order valence-corrected chi connectivity index (χ4v) is 2.42. The number of ether oxygens (including phenoxy) is 3. The smallest absolute Gasteiger partial charge is 0.147 e. The molecule has 5 heteroatoms. The van der Waals surface area contributed by atoms with E-state index in [2.05, 4.69) is 0 Å². The predicted molar refractivity (Wildman–Crippen MR) is 73.3 cm³/mol. The first-order valence-corrected chi connectivity index (χ1v) is 6.48. The maximum absolute atomic E-state index is 6.20. The van der Waals surface area contributed by atoms with Gasteiger partial charge in [0.1, 0.15) is 12.9 Å². The van der Waals surface area contributed by atoms with Crippen LogP contribution < -0.4 is 0 Å². The van der Waals surface area contributed by atoms with Gasteiger partial charge in [-0.1, -0.05) is 36.2 Å². The van der Waals surface area contributed by atoms with Crippen LogP contribution in [0.25, 0.3) is 0 Å². The van der Waals surface area contributed by atoms with E-state index < -0.39 is 0 Å². The highest BCUT2D eigenvalue weighted by Gasteiger charge is 2.26. The van der Waals surface area contributed by atoms with Gasteiger partial charge in [-0.05, 0) is 18.6 Å². The fraction of sp³-hybridized carbons (Fsp3) is 0.538. The van der Waals surface area contributed by atoms with E-state index >= 15 is 0 Å². The molecule has 0 bridgehead atoms. The molecule has 2 unspecified atom stereocenters. The van der Waals surface area contributed by atoms with Crippen LogP contribution in [0.3, 0.4) is 0 Å². The van der Waals surface area contributed by atoms with Gasteiger partial charge in [0.05, 0.1) is 6.10 Å². The van der Waals surface area contributed by atoms with E-state index in [1.807, 2.05) is 6.92 Å². The highest BCUT2D eigenvalue weighted by Crippen LogP contribution is 2.36. The molecule has 0 amide bonds. The summed E-state index contributed by atoms with van der Waals surface area (Å²) in [6.07, 6.45) is 0.311. The van der Waals surface area contributed by atoms with Crippen LogP contribution in [0.5, 0.6) is 0 Å². The molecule has 0 radical (unpaired) electrons. The monoisotopic (exact) mass is 292 g/mol. The van der Waals surface area contributed by atoms with Crippen molar-refractivity contribution in [3.8, 4) is 0 Å². The summed E-state index contributed by atoms with van der Waals surface area (Å²) in [6, 6.07) is 5.37. The van der Waals surface area contributed by atoms with Gasteiger partial charge in [-0.25, -0.2) is 0 Å². The van der Waals surface area contributed by atoms with Crippen molar-refractivity contribution in [3.63, 3.8) is 0 Å². The Hall–Kier alpha value is -0.320. The Morgan fingerprint density at radius 3 is 2.22 bits per heavy atom. The molecule has 0 heterocycles. The second kappa shape index (κ2) is 7.97. The van der Waals surface area contributed by atoms with Crippen LogP contribution in [0.4, 0.5) is 0 Å². The lowest BCUT2D eigenvalue weighted by molar-refractivity contribution is -0.123. The van der Waals surface area contributed by atoms with Crippen molar-refractivity contribution in [3.05, 3.63) is 33.8 Å². The van der Waals surface area contributed by atoms with Gasteiger partial charge in [0, 0.05) is 29.8 Å². The molecule has 0 N–H and O–H groups in total. The molecule has 0 aliphatic carbocycles. The number of rotatable bonds is 7. The summed E-state index contributed by atoms with van der Waals surface area (Å²) in [4.78, 5) is 0. The van der Waals surface area contributed by atoms with Crippen molar-refractivity contribution in [1.29, 1.82) is 0 Å². The molecule has 0 saturated heterocycles. The van der Waals surface area contributed by atoms with Gasteiger partial charge < -0.3 is 14.2 Å². The molecular weight excluding hydrogens is 275 g/mol. The predicted octanol–water partition coefficient (Wildman–Crippen LogP) is 4.08. The van der Waals surface area contributed by atoms with Crippen LogP contribution >= 0.6 is 23.2 Å². The molecule has 1 rings (SSSR count). The first-order chi connectivity index (χ1) is 8.65. The summed E-state index contributed by atoms with van der Waals surface area (Å²) in [5.41, 5.74) is 0.742. The second-order valence-corrected chi connectivity index (χ2v) is 4.63. The Morgan fingerprint density at radius 2 is 1.78 bits per heavy atom. The topological polar surface area (TPSA) is 27.7 Å². The van der Waals surface area contributed by atoms with E-state index in [1.165, 1.54) is 0 Å². The van der Waals surface area contributed by atoms with E-state index in [0.29, 0.717) is 10.0 Å². The Bertz CT molecular complexity index is 347. The summed E-state index contributed by atoms with van der Waals surface area (Å²) < 4.78 is 16.0. The van der Waals surface area contributed by atoms with Gasteiger partial charge in [0.15, 0.2) is 0 Å². The molecule has 2 atom stereocenters. The Kier molecular flexibility index (Phi) is 6.97. The zero-order chi connectivity index (χ0) is 13.5. The van der Waals surface area contributed by atoms with Crippen molar-refractivity contribution < 1.29 is 14.2 Å². The number of benzene rings is 1. The average molecular weight is 293 g/mol. The summed E-state index contributed by atoms with van der Waals surface area (Å²) in [7, 11) is 3.21. The van der Waals surface area contributed by atoms with Gasteiger partial charge in [-0.2, -0.15) is 0 Å². The zero-order valence-corrected chi connectivity index (χ0v) is 12.3. The van der Waals surface area contributed by atoms with Crippen LogP contribution in [0.15, 0.2) is 18.2 Å². The molecule has 0 aromatic heterocycles. The standard InChI is InChI=1S/C13H18Cl2O3/c1-4-11(17-3)13(18-8-16-2)12-9(14)6-5-7-10(12)15/h5-7,11,13H,4,8H2,1-3H3. The summed E-state index contributed by atoms with van der Waals surface area (Å²) in [5.74, 6) is 0. The van der Waals surface area contributed by atoms with Crippen LogP contribution in [0.1, 0.15) is 25.0 Å². The van der Waals surface area contributed by atoms with Crippen molar-refractivity contribution >= 4 is 23.2 Å². The highest BCUT2D eigenvalue weighted by atomic mass is 35.5. The van der Waals surface area contributed by atoms with Crippen LogP contribution in [0.2, 0.25) is 10.0 Å². The lowest BCUT2D eigenvalue weighted by atomic mass is 10.0. The van der Waals surface area contributed by atoms with Gasteiger partial charge in [-0.3, -0.25) is 0 Å². The molecule has 1 aromatic rings. The molecule has 18 heavy (non-hydrogen) atoms. The molecule has 0 saturated carbocycles. The number of halogens is 2. The van der Waals surface area contributed by atoms with Crippen LogP contribution in [0, 0.1) is 0 Å². The molecule has 3 nitrogen and oxygen atoms in total. The normalized spacial score (nSPS) is 14.5. The van der Waals surface area contributed by atoms with E-state index in [1.54, 1.807) is 32.4 Å². The average Bonchev–Trinajstić information content (AvgIpc) is 2.36. The largest absolute Gasteiger partial charge is 0.378 e. The minimum Gasteiger partial charge on any atom is -0.378 e. The van der Waals surface area contributed by atoms with Crippen molar-refractivity contribution in [2.75, 3.05) is 21.0 Å². The third-order valence-corrected chi connectivity index (χ3v) is 3.35. The molecule has 0 aliphatic heterocycles. The quantitative estimate of drug-likeness (QED) is 0.709. The highest BCUT2D eigenvalue weighted by molar-refractivity contribution is 6.36. The Balaban J connectivity index is 3.08. The van der Waals surface area contributed by atoms with Crippen molar-refractivity contribution in [1.82, 2.24) is 0 Å². The molecule has 0 aliphatic rings. The minimum absolute atomic E-state index is 0.127. The summed E-state index contributed by atoms with van der Waals surface area (Å²) in [5, 5.41) is 1.14. The molecule has 0 spiro atoms. The van der Waals surface area contributed by atoms with E-state index in [4.69, 9.17) is 37.4 Å². The third kappa shape index (κ3) is 3.84. The number of hydrogen-bond acceptors (Lipinski definition) is 3. The van der Waals surface area contributed by atoms with Gasteiger partial charge >= 0.3 is 0 Å². The van der Waals surface area contributed by atoms with E-state index in [-0.39, 0.29) is 19.0 Å². The summed E-state index contributed by atoms with van der Waals surface area (Å²) in [6.45, 7) is 2.17. The molecule has 0 fully saturated rings.